The van der Waals surface area contributed by atoms with Crippen LogP contribution < -0.4 is 10.6 Å². The molecule has 2 heterocycles. The van der Waals surface area contributed by atoms with Crippen LogP contribution in [0.15, 0.2) is 0 Å². The fraction of sp³-hybridized carbons (Fsp3) is 0.667. The average molecular weight is 280 g/mol. The van der Waals surface area contributed by atoms with Crippen LogP contribution in [0.4, 0.5) is 9.59 Å². The molecule has 108 valence electrons. The molecule has 3 rings (SSSR count). The van der Waals surface area contributed by atoms with E-state index in [1.165, 1.54) is 9.80 Å². The highest BCUT2D eigenvalue weighted by molar-refractivity contribution is 6.10. The van der Waals surface area contributed by atoms with Crippen molar-refractivity contribution in [3.63, 3.8) is 0 Å². The first-order valence-electron chi connectivity index (χ1n) is 6.34. The van der Waals surface area contributed by atoms with E-state index in [-0.39, 0.29) is 0 Å². The van der Waals surface area contributed by atoms with Gasteiger partial charge in [0, 0.05) is 14.1 Å². The van der Waals surface area contributed by atoms with Crippen molar-refractivity contribution in [2.75, 3.05) is 14.1 Å². The Morgan fingerprint density at radius 2 is 1.10 bits per heavy atom. The molecule has 3 aliphatic rings. The van der Waals surface area contributed by atoms with Crippen LogP contribution in [-0.4, -0.2) is 59.9 Å². The van der Waals surface area contributed by atoms with Gasteiger partial charge in [0.2, 0.25) is 11.8 Å². The van der Waals surface area contributed by atoms with Gasteiger partial charge in [-0.15, -0.1) is 0 Å². The number of hydrogen-bond acceptors (Lipinski definition) is 4. The Morgan fingerprint density at radius 1 is 0.800 bits per heavy atom. The van der Waals surface area contributed by atoms with Crippen molar-refractivity contribution in [2.45, 2.75) is 25.9 Å². The standard InChI is InChI=1S/C12H16N4O4/c1-11-5(15(3)9(19)13-7(11)17)6-12(11,2)8(18)14-10(20)16(6)4/h5-6H,1-4H3,(H,13,17,19)(H,14,18,20)/t5?,6?,11-,12+. The SMILES string of the molecule is CN1C(=O)NC(=O)[C@@]2(C)C1C1N(C)C(=O)NC(=O)[C@]12C. The second-order valence-corrected chi connectivity index (χ2v) is 6.03. The number of imide groups is 2. The third kappa shape index (κ3) is 1.01. The summed E-state index contributed by atoms with van der Waals surface area (Å²) >= 11 is 0. The average Bonchev–Trinajstić information content (AvgIpc) is 2.37. The fourth-order valence-corrected chi connectivity index (χ4v) is 3.97. The summed E-state index contributed by atoms with van der Waals surface area (Å²) in [5.41, 5.74) is -2.11. The van der Waals surface area contributed by atoms with E-state index < -0.39 is 46.8 Å². The van der Waals surface area contributed by atoms with Crippen molar-refractivity contribution in [3.05, 3.63) is 0 Å². The van der Waals surface area contributed by atoms with Crippen LogP contribution in [0, 0.1) is 10.8 Å². The summed E-state index contributed by atoms with van der Waals surface area (Å²) in [6, 6.07) is -2.03. The van der Waals surface area contributed by atoms with Gasteiger partial charge in [-0.3, -0.25) is 20.2 Å². The van der Waals surface area contributed by atoms with E-state index >= 15 is 0 Å². The van der Waals surface area contributed by atoms with Gasteiger partial charge in [-0.1, -0.05) is 0 Å². The molecule has 8 nitrogen and oxygen atoms in total. The number of nitrogens with zero attached hydrogens (tertiary/aromatic N) is 2. The molecule has 0 bridgehead atoms. The monoisotopic (exact) mass is 280 g/mol. The van der Waals surface area contributed by atoms with E-state index in [4.69, 9.17) is 0 Å². The van der Waals surface area contributed by atoms with Crippen molar-refractivity contribution in [3.8, 4) is 0 Å². The summed E-state index contributed by atoms with van der Waals surface area (Å²) in [5.74, 6) is -0.940. The molecule has 4 atom stereocenters. The third-order valence-corrected chi connectivity index (χ3v) is 5.42. The zero-order valence-corrected chi connectivity index (χ0v) is 11.7. The van der Waals surface area contributed by atoms with Crippen LogP contribution in [0.1, 0.15) is 13.8 Å². The highest BCUT2D eigenvalue weighted by Gasteiger charge is 2.80. The summed E-state index contributed by atoms with van der Waals surface area (Å²) in [5, 5.41) is 4.54. The summed E-state index contributed by atoms with van der Waals surface area (Å²) in [7, 11) is 3.13. The summed E-state index contributed by atoms with van der Waals surface area (Å²) in [4.78, 5) is 50.9. The van der Waals surface area contributed by atoms with Gasteiger partial charge >= 0.3 is 12.1 Å². The minimum atomic E-state index is -1.06. The van der Waals surface area contributed by atoms with E-state index in [0.29, 0.717) is 0 Å². The first kappa shape index (κ1) is 12.9. The van der Waals surface area contributed by atoms with Gasteiger partial charge in [-0.05, 0) is 13.8 Å². The molecule has 6 amide bonds. The van der Waals surface area contributed by atoms with Gasteiger partial charge in [0.15, 0.2) is 0 Å². The molecule has 8 heteroatoms. The number of urea groups is 2. The van der Waals surface area contributed by atoms with E-state index in [9.17, 15) is 19.2 Å². The minimum absolute atomic E-state index is 0.470. The van der Waals surface area contributed by atoms with Crippen LogP contribution in [0.25, 0.3) is 0 Å². The Balaban J connectivity index is 2.15. The molecule has 1 saturated carbocycles. The molecule has 0 aromatic rings. The highest BCUT2D eigenvalue weighted by Crippen LogP contribution is 2.62. The van der Waals surface area contributed by atoms with Crippen LogP contribution in [-0.2, 0) is 9.59 Å². The molecule has 0 aromatic heterocycles. The van der Waals surface area contributed by atoms with Gasteiger partial charge in [0.05, 0.1) is 22.9 Å². The molecule has 2 unspecified atom stereocenters. The number of carbonyl (C=O) groups excluding carboxylic acids is 4. The van der Waals surface area contributed by atoms with Crippen LogP contribution in [0.2, 0.25) is 0 Å². The van der Waals surface area contributed by atoms with Crippen LogP contribution in [0.5, 0.6) is 0 Å². The zero-order valence-electron chi connectivity index (χ0n) is 11.7. The number of carbonyl (C=O) groups is 4. The Kier molecular flexibility index (Phi) is 2.13. The second kappa shape index (κ2) is 3.31. The minimum Gasteiger partial charge on any atom is -0.321 e. The Hall–Kier alpha value is -2.12. The molecule has 3 fully saturated rings. The molecule has 2 aliphatic heterocycles. The number of nitrogens with one attached hydrogen (secondary N) is 2. The van der Waals surface area contributed by atoms with Gasteiger partial charge < -0.3 is 9.80 Å². The van der Waals surface area contributed by atoms with Crippen molar-refractivity contribution in [1.29, 1.82) is 0 Å². The molecule has 0 aromatic carbocycles. The van der Waals surface area contributed by atoms with E-state index in [1.807, 2.05) is 0 Å². The molecular formula is C12H16N4O4. The third-order valence-electron chi connectivity index (χ3n) is 5.42. The number of likely N-dealkylation sites (N-methyl/N-ethyl adjacent to an activating group) is 2. The lowest BCUT2D eigenvalue weighted by Crippen LogP contribution is -2.90. The number of hydrogen-bond donors (Lipinski definition) is 2. The van der Waals surface area contributed by atoms with E-state index in [1.54, 1.807) is 27.9 Å². The normalized spacial score (nSPS) is 43.4. The molecule has 0 radical (unpaired) electrons. The first-order chi connectivity index (χ1) is 9.17. The van der Waals surface area contributed by atoms with Crippen LogP contribution >= 0.6 is 0 Å². The predicted octanol–water partition coefficient (Wildman–Crippen LogP) is -0.887. The lowest BCUT2D eigenvalue weighted by atomic mass is 9.42. The summed E-state index contributed by atoms with van der Waals surface area (Å²) < 4.78 is 0. The maximum absolute atomic E-state index is 12.3. The quantitative estimate of drug-likeness (QED) is 0.601. The summed E-state index contributed by atoms with van der Waals surface area (Å²) in [6.45, 7) is 3.32. The van der Waals surface area contributed by atoms with Crippen molar-refractivity contribution < 1.29 is 19.2 Å². The lowest BCUT2D eigenvalue weighted by Gasteiger charge is -2.70. The molecule has 2 N–H and O–H groups in total. The maximum Gasteiger partial charge on any atom is 0.324 e. The second-order valence-electron chi connectivity index (χ2n) is 6.03. The fourth-order valence-electron chi connectivity index (χ4n) is 3.97. The smallest absolute Gasteiger partial charge is 0.321 e. The van der Waals surface area contributed by atoms with E-state index in [0.717, 1.165) is 0 Å². The van der Waals surface area contributed by atoms with Crippen molar-refractivity contribution in [1.82, 2.24) is 20.4 Å². The first-order valence-corrected chi connectivity index (χ1v) is 6.34. The predicted molar refractivity (Wildman–Crippen MR) is 66.4 cm³/mol. The highest BCUT2D eigenvalue weighted by atomic mass is 16.2. The topological polar surface area (TPSA) is 98.8 Å². The Bertz CT molecular complexity index is 526. The largest absolute Gasteiger partial charge is 0.324 e. The summed E-state index contributed by atoms with van der Waals surface area (Å²) in [6.07, 6.45) is 0. The van der Waals surface area contributed by atoms with Gasteiger partial charge in [-0.25, -0.2) is 9.59 Å². The number of amides is 6. The van der Waals surface area contributed by atoms with Gasteiger partial charge in [0.1, 0.15) is 0 Å². The van der Waals surface area contributed by atoms with Gasteiger partial charge in [-0.2, -0.15) is 0 Å². The maximum atomic E-state index is 12.3. The van der Waals surface area contributed by atoms with Gasteiger partial charge in [0.25, 0.3) is 0 Å². The molecule has 20 heavy (non-hydrogen) atoms. The number of rotatable bonds is 0. The number of fused-ring (bicyclic) bond motifs is 4. The van der Waals surface area contributed by atoms with Crippen molar-refractivity contribution in [2.24, 2.45) is 10.8 Å². The molecular weight excluding hydrogens is 264 g/mol. The molecule has 2 saturated heterocycles. The van der Waals surface area contributed by atoms with Crippen LogP contribution in [0.3, 0.4) is 0 Å². The van der Waals surface area contributed by atoms with Crippen molar-refractivity contribution >= 4 is 23.9 Å². The Labute approximate surface area is 115 Å². The zero-order chi connectivity index (χ0) is 15.0. The van der Waals surface area contributed by atoms with E-state index in [2.05, 4.69) is 10.6 Å². The lowest BCUT2D eigenvalue weighted by molar-refractivity contribution is -0.209. The Morgan fingerprint density at radius 3 is 1.40 bits per heavy atom. The molecule has 1 aliphatic carbocycles. The molecule has 0 spiro atoms.